The van der Waals surface area contributed by atoms with Crippen molar-refractivity contribution < 1.29 is 19.6 Å². The van der Waals surface area contributed by atoms with Crippen LogP contribution in [0.1, 0.15) is 16.1 Å². The van der Waals surface area contributed by atoms with Crippen LogP contribution in [0.15, 0.2) is 18.2 Å². The third-order valence-corrected chi connectivity index (χ3v) is 4.10. The smallest absolute Gasteiger partial charge is 0.124 e. The highest BCUT2D eigenvalue weighted by Crippen LogP contribution is 2.30. The lowest BCUT2D eigenvalue weighted by atomic mass is 10.1. The molecule has 0 unspecified atom stereocenters. The van der Waals surface area contributed by atoms with Gasteiger partial charge in [0.25, 0.3) is 0 Å². The van der Waals surface area contributed by atoms with E-state index in [1.54, 1.807) is 6.07 Å². The van der Waals surface area contributed by atoms with Crippen LogP contribution in [-0.4, -0.2) is 27.4 Å². The molecule has 0 aliphatic rings. The van der Waals surface area contributed by atoms with E-state index < -0.39 is 0 Å². The highest BCUT2D eigenvalue weighted by atomic mass is 32.1. The van der Waals surface area contributed by atoms with Gasteiger partial charge < -0.3 is 0 Å². The molecule has 0 aliphatic heterocycles. The lowest BCUT2D eigenvalue weighted by Gasteiger charge is -2.04. The van der Waals surface area contributed by atoms with E-state index in [2.05, 4.69) is 9.82 Å². The molecule has 0 saturated heterocycles. The number of benzene rings is 1. The largest absolute Gasteiger partial charge is 0.266 e. The van der Waals surface area contributed by atoms with Gasteiger partial charge in [-0.1, -0.05) is 0 Å². The summed E-state index contributed by atoms with van der Waals surface area (Å²) in [6.45, 7) is 3.86. The van der Waals surface area contributed by atoms with Crippen LogP contribution >= 0.6 is 11.3 Å². The van der Waals surface area contributed by atoms with E-state index >= 15 is 0 Å². The van der Waals surface area contributed by atoms with Crippen LogP contribution in [0.4, 0.5) is 4.39 Å². The molecule has 7 heteroatoms. The quantitative estimate of drug-likeness (QED) is 0.830. The van der Waals surface area contributed by atoms with Crippen molar-refractivity contribution in [1.82, 2.24) is 10.4 Å². The van der Waals surface area contributed by atoms with Crippen LogP contribution in [0, 0.1) is 19.7 Å². The van der Waals surface area contributed by atoms with Crippen LogP contribution in [0.25, 0.3) is 10.6 Å². The fraction of sp³-hybridized carbons (Fsp3) is 0.308. The fourth-order valence-corrected chi connectivity index (χ4v) is 3.00. The third kappa shape index (κ3) is 3.59. The van der Waals surface area contributed by atoms with Gasteiger partial charge >= 0.3 is 0 Å². The summed E-state index contributed by atoms with van der Waals surface area (Å²) >= 11 is 1.49. The van der Waals surface area contributed by atoms with Gasteiger partial charge in [0.1, 0.15) is 10.8 Å². The minimum absolute atomic E-state index is 0.137. The zero-order valence-electron chi connectivity index (χ0n) is 11.1. The summed E-state index contributed by atoms with van der Waals surface area (Å²) in [5.74, 6) is -0.265. The molecule has 1 aromatic carbocycles. The molecule has 1 heterocycles. The Morgan fingerprint density at radius 3 is 2.75 bits per heavy atom. The lowest BCUT2D eigenvalue weighted by Crippen LogP contribution is -2.16. The average molecular weight is 298 g/mol. The molecule has 2 rings (SSSR count). The van der Waals surface area contributed by atoms with Crippen molar-refractivity contribution >= 4 is 11.3 Å². The van der Waals surface area contributed by atoms with Crippen LogP contribution in [-0.2, 0) is 11.3 Å². The molecular formula is C13H15FN2O3S. The van der Waals surface area contributed by atoms with Gasteiger partial charge in [0.2, 0.25) is 0 Å². The molecule has 108 valence electrons. The maximum Gasteiger partial charge on any atom is 0.124 e. The van der Waals surface area contributed by atoms with E-state index in [9.17, 15) is 4.39 Å². The molecule has 0 radical (unpaired) electrons. The van der Waals surface area contributed by atoms with Crippen LogP contribution in [0.3, 0.4) is 0 Å². The van der Waals surface area contributed by atoms with Crippen LogP contribution < -0.4 is 0 Å². The standard InChI is InChI=1S/C13H15FN2O3S/c1-8-7-10(14)3-4-11(8)13-15-9(2)12(20-13)5-6-19-16(17)18/h3-4,7,17-18H,5-6H2,1-2H3. The Morgan fingerprint density at radius 1 is 1.35 bits per heavy atom. The molecule has 5 nitrogen and oxygen atoms in total. The van der Waals surface area contributed by atoms with Gasteiger partial charge in [0, 0.05) is 16.9 Å². The first-order valence-electron chi connectivity index (χ1n) is 6.01. The van der Waals surface area contributed by atoms with Gasteiger partial charge in [-0.05, 0) is 37.6 Å². The molecule has 0 spiro atoms. The first kappa shape index (κ1) is 15.0. The van der Waals surface area contributed by atoms with Gasteiger partial charge in [-0.15, -0.1) is 11.3 Å². The molecule has 0 atom stereocenters. The second-order valence-electron chi connectivity index (χ2n) is 4.32. The Hall–Kier alpha value is -1.38. The van der Waals surface area contributed by atoms with Crippen LogP contribution in [0.5, 0.6) is 0 Å². The number of hydrogen-bond donors (Lipinski definition) is 2. The lowest BCUT2D eigenvalue weighted by molar-refractivity contribution is -0.492. The predicted octanol–water partition coefficient (Wildman–Crippen LogP) is 3.12. The Morgan fingerprint density at radius 2 is 2.10 bits per heavy atom. The highest BCUT2D eigenvalue weighted by Gasteiger charge is 2.12. The number of rotatable bonds is 5. The molecule has 0 aliphatic carbocycles. The van der Waals surface area contributed by atoms with E-state index in [0.29, 0.717) is 6.42 Å². The van der Waals surface area contributed by atoms with E-state index in [1.165, 1.54) is 23.5 Å². The summed E-state index contributed by atoms with van der Waals surface area (Å²) in [6.07, 6.45) is 0.515. The first-order valence-corrected chi connectivity index (χ1v) is 6.82. The Kier molecular flexibility index (Phi) is 4.79. The summed E-state index contributed by atoms with van der Waals surface area (Å²) in [4.78, 5) is 9.99. The number of thiazole rings is 1. The zero-order valence-corrected chi connectivity index (χ0v) is 11.9. The molecule has 2 aromatic rings. The topological polar surface area (TPSA) is 65.8 Å². The van der Waals surface area contributed by atoms with E-state index in [4.69, 9.17) is 10.4 Å². The summed E-state index contributed by atoms with van der Waals surface area (Å²) in [5, 5.41) is 17.4. The van der Waals surface area contributed by atoms with Gasteiger partial charge in [-0.3, -0.25) is 15.3 Å². The van der Waals surface area contributed by atoms with Crippen molar-refractivity contribution in [1.29, 1.82) is 0 Å². The number of aromatic nitrogens is 1. The summed E-state index contributed by atoms with van der Waals surface area (Å²) < 4.78 is 13.1. The van der Waals surface area contributed by atoms with Gasteiger partial charge in [0.05, 0.1) is 17.7 Å². The van der Waals surface area contributed by atoms with Gasteiger partial charge in [0.15, 0.2) is 0 Å². The zero-order chi connectivity index (χ0) is 14.7. The Labute approximate surface area is 119 Å². The normalized spacial score (nSPS) is 11.3. The molecule has 1 aromatic heterocycles. The average Bonchev–Trinajstić information content (AvgIpc) is 2.70. The van der Waals surface area contributed by atoms with Crippen molar-refractivity contribution in [2.45, 2.75) is 20.3 Å². The molecule has 2 N–H and O–H groups in total. The second-order valence-corrected chi connectivity index (χ2v) is 5.41. The molecule has 0 saturated carbocycles. The highest BCUT2D eigenvalue weighted by molar-refractivity contribution is 7.15. The van der Waals surface area contributed by atoms with Gasteiger partial charge in [-0.25, -0.2) is 9.37 Å². The minimum atomic E-state index is -0.304. The Bertz CT molecular complexity index is 601. The number of aryl methyl sites for hydroxylation is 2. The van der Waals surface area contributed by atoms with Crippen molar-refractivity contribution in [3.8, 4) is 10.6 Å². The Balaban J connectivity index is 2.18. The van der Waals surface area contributed by atoms with E-state index in [0.717, 1.165) is 26.7 Å². The molecule has 20 heavy (non-hydrogen) atoms. The van der Waals surface area contributed by atoms with Crippen molar-refractivity contribution in [3.63, 3.8) is 0 Å². The second kappa shape index (κ2) is 6.38. The third-order valence-electron chi connectivity index (χ3n) is 2.85. The maximum absolute atomic E-state index is 13.1. The number of hydrogen-bond acceptors (Lipinski definition) is 6. The van der Waals surface area contributed by atoms with E-state index in [1.807, 2.05) is 13.8 Å². The maximum atomic E-state index is 13.1. The number of nitrogens with zero attached hydrogens (tertiary/aromatic N) is 2. The minimum Gasteiger partial charge on any atom is -0.266 e. The fourth-order valence-electron chi connectivity index (χ4n) is 1.86. The van der Waals surface area contributed by atoms with Crippen LogP contribution in [0.2, 0.25) is 0 Å². The van der Waals surface area contributed by atoms with Crippen molar-refractivity contribution in [2.75, 3.05) is 6.61 Å². The van der Waals surface area contributed by atoms with Crippen molar-refractivity contribution in [2.24, 2.45) is 0 Å². The van der Waals surface area contributed by atoms with Crippen molar-refractivity contribution in [3.05, 3.63) is 40.2 Å². The first-order chi connectivity index (χ1) is 9.47. The molecule has 0 amide bonds. The monoisotopic (exact) mass is 298 g/mol. The van der Waals surface area contributed by atoms with Gasteiger partial charge in [-0.2, -0.15) is 0 Å². The summed E-state index contributed by atoms with van der Waals surface area (Å²) in [6, 6.07) is 4.61. The molecule has 0 bridgehead atoms. The molecular weight excluding hydrogens is 283 g/mol. The SMILES string of the molecule is Cc1cc(F)ccc1-c1nc(C)c(CCON(O)O)s1. The predicted molar refractivity (Wildman–Crippen MR) is 72.1 cm³/mol. The van der Waals surface area contributed by atoms with E-state index in [-0.39, 0.29) is 17.8 Å². The summed E-state index contributed by atoms with van der Waals surface area (Å²) in [5.41, 5.74) is 2.59. The summed E-state index contributed by atoms with van der Waals surface area (Å²) in [7, 11) is 0. The number of halogens is 1. The molecule has 0 fully saturated rings.